The molecule has 2 aromatic carbocycles. The lowest BCUT2D eigenvalue weighted by molar-refractivity contribution is 0.173. The molecule has 0 fully saturated rings. The predicted octanol–water partition coefficient (Wildman–Crippen LogP) is 3.41. The molecule has 0 saturated carbocycles. The van der Waals surface area contributed by atoms with Crippen LogP contribution >= 0.6 is 0 Å². The molecule has 3 nitrogen and oxygen atoms in total. The van der Waals surface area contributed by atoms with Crippen molar-refractivity contribution < 1.29 is 14.9 Å². The van der Waals surface area contributed by atoms with Crippen LogP contribution in [-0.4, -0.2) is 10.2 Å². The Morgan fingerprint density at radius 3 is 1.95 bits per heavy atom. The molecule has 0 aliphatic heterocycles. The van der Waals surface area contributed by atoms with Crippen molar-refractivity contribution in [2.45, 2.75) is 26.1 Å². The van der Waals surface area contributed by atoms with E-state index in [1.54, 1.807) is 0 Å². The van der Waals surface area contributed by atoms with Crippen molar-refractivity contribution >= 4 is 0 Å². The fourth-order valence-electron chi connectivity index (χ4n) is 1.79. The van der Waals surface area contributed by atoms with Crippen molar-refractivity contribution in [1.29, 1.82) is 0 Å². The zero-order valence-electron chi connectivity index (χ0n) is 10.9. The summed E-state index contributed by atoms with van der Waals surface area (Å²) in [6, 6.07) is 14.7. The van der Waals surface area contributed by atoms with Crippen molar-refractivity contribution in [3.63, 3.8) is 0 Å². The summed E-state index contributed by atoms with van der Waals surface area (Å²) >= 11 is 0. The van der Waals surface area contributed by atoms with Crippen LogP contribution in [0.15, 0.2) is 48.5 Å². The summed E-state index contributed by atoms with van der Waals surface area (Å²) in [5, 5.41) is 18.7. The predicted molar refractivity (Wildman–Crippen MR) is 74.1 cm³/mol. The van der Waals surface area contributed by atoms with Crippen LogP contribution < -0.4 is 4.74 Å². The van der Waals surface area contributed by atoms with E-state index in [0.717, 1.165) is 22.6 Å². The van der Waals surface area contributed by atoms with E-state index in [4.69, 9.17) is 9.84 Å². The fraction of sp³-hybridized carbons (Fsp3) is 0.250. The molecule has 1 atom stereocenters. The van der Waals surface area contributed by atoms with E-state index in [0.29, 0.717) is 6.42 Å². The van der Waals surface area contributed by atoms with Crippen LogP contribution in [0, 0.1) is 0 Å². The molecule has 0 heterocycles. The molecule has 3 heteroatoms. The average molecular weight is 258 g/mol. The van der Waals surface area contributed by atoms with E-state index in [2.05, 4.69) is 0 Å². The van der Waals surface area contributed by atoms with Gasteiger partial charge in [-0.15, -0.1) is 0 Å². The third-order valence-electron chi connectivity index (χ3n) is 2.99. The van der Waals surface area contributed by atoms with Gasteiger partial charge in [-0.3, -0.25) is 0 Å². The van der Waals surface area contributed by atoms with Crippen LogP contribution in [0.25, 0.3) is 0 Å². The molecule has 0 aliphatic rings. The number of hydrogen-bond acceptors (Lipinski definition) is 3. The van der Waals surface area contributed by atoms with Crippen LogP contribution in [0.4, 0.5) is 0 Å². The Kier molecular flexibility index (Phi) is 4.55. The van der Waals surface area contributed by atoms with Gasteiger partial charge in [0.1, 0.15) is 11.5 Å². The highest BCUT2D eigenvalue weighted by atomic mass is 16.5. The fourth-order valence-corrected chi connectivity index (χ4v) is 1.79. The van der Waals surface area contributed by atoms with Crippen molar-refractivity contribution in [3.8, 4) is 11.5 Å². The van der Waals surface area contributed by atoms with Gasteiger partial charge >= 0.3 is 0 Å². The van der Waals surface area contributed by atoms with E-state index >= 15 is 0 Å². The first kappa shape index (κ1) is 13.6. The van der Waals surface area contributed by atoms with Crippen LogP contribution in [0.3, 0.4) is 0 Å². The maximum absolute atomic E-state index is 9.70. The van der Waals surface area contributed by atoms with E-state index in [1.807, 2.05) is 55.5 Å². The monoisotopic (exact) mass is 258 g/mol. The summed E-state index contributed by atoms with van der Waals surface area (Å²) in [6.45, 7) is 1.97. The summed E-state index contributed by atoms with van der Waals surface area (Å²) < 4.78 is 5.68. The lowest BCUT2D eigenvalue weighted by Crippen LogP contribution is -1.94. The van der Waals surface area contributed by atoms with Gasteiger partial charge in [-0.2, -0.15) is 0 Å². The van der Waals surface area contributed by atoms with Crippen molar-refractivity contribution in [2.24, 2.45) is 0 Å². The smallest absolute Gasteiger partial charge is 0.127 e. The normalized spacial score (nSPS) is 12.2. The first-order valence-electron chi connectivity index (χ1n) is 6.38. The molecule has 2 aromatic rings. The maximum atomic E-state index is 9.70. The molecule has 0 aliphatic carbocycles. The molecule has 0 radical (unpaired) electrons. The number of aliphatic hydroxyl groups excluding tert-OH is 2. The minimum atomic E-state index is -0.419. The number of ether oxygens (including phenoxy) is 1. The summed E-state index contributed by atoms with van der Waals surface area (Å²) in [7, 11) is 0. The average Bonchev–Trinajstić information content (AvgIpc) is 2.48. The van der Waals surface area contributed by atoms with Crippen LogP contribution in [0.1, 0.15) is 30.6 Å². The van der Waals surface area contributed by atoms with Crippen LogP contribution in [-0.2, 0) is 6.61 Å². The molecule has 0 saturated heterocycles. The first-order valence-corrected chi connectivity index (χ1v) is 6.38. The minimum Gasteiger partial charge on any atom is -0.457 e. The second-order valence-electron chi connectivity index (χ2n) is 4.40. The molecule has 2 N–H and O–H groups in total. The largest absolute Gasteiger partial charge is 0.457 e. The quantitative estimate of drug-likeness (QED) is 0.864. The van der Waals surface area contributed by atoms with Gasteiger partial charge in [0.2, 0.25) is 0 Å². The van der Waals surface area contributed by atoms with Gasteiger partial charge in [0, 0.05) is 0 Å². The van der Waals surface area contributed by atoms with Gasteiger partial charge < -0.3 is 14.9 Å². The van der Waals surface area contributed by atoms with Gasteiger partial charge in [-0.25, -0.2) is 0 Å². The standard InChI is InChI=1S/C16H18O3/c1-2-16(18)13-5-9-15(10-6-13)19-14-7-3-12(11-17)4-8-14/h3-10,16-18H,2,11H2,1H3/t16-/m1/s1. The summed E-state index contributed by atoms with van der Waals surface area (Å²) in [4.78, 5) is 0. The molecular formula is C16H18O3. The minimum absolute atomic E-state index is 0.0316. The molecule has 0 bridgehead atoms. The van der Waals surface area contributed by atoms with Gasteiger partial charge in [-0.05, 0) is 41.8 Å². The Hall–Kier alpha value is -1.84. The topological polar surface area (TPSA) is 49.7 Å². The highest BCUT2D eigenvalue weighted by molar-refractivity contribution is 5.34. The van der Waals surface area contributed by atoms with Gasteiger partial charge in [-0.1, -0.05) is 31.2 Å². The molecule has 2 rings (SSSR count). The van der Waals surface area contributed by atoms with Crippen molar-refractivity contribution in [1.82, 2.24) is 0 Å². The molecule has 0 unspecified atom stereocenters. The Morgan fingerprint density at radius 1 is 0.947 bits per heavy atom. The zero-order chi connectivity index (χ0) is 13.7. The second kappa shape index (κ2) is 6.36. The highest BCUT2D eigenvalue weighted by Gasteiger charge is 2.04. The van der Waals surface area contributed by atoms with Crippen LogP contribution in [0.2, 0.25) is 0 Å². The number of benzene rings is 2. The molecule has 0 spiro atoms. The molecule has 19 heavy (non-hydrogen) atoms. The lowest BCUT2D eigenvalue weighted by atomic mass is 10.1. The van der Waals surface area contributed by atoms with E-state index in [1.165, 1.54) is 0 Å². The SMILES string of the molecule is CC[C@@H](O)c1ccc(Oc2ccc(CO)cc2)cc1. The maximum Gasteiger partial charge on any atom is 0.127 e. The lowest BCUT2D eigenvalue weighted by Gasteiger charge is -2.10. The number of hydrogen-bond donors (Lipinski definition) is 2. The summed E-state index contributed by atoms with van der Waals surface area (Å²) in [5.41, 5.74) is 1.75. The Labute approximate surface area is 113 Å². The first-order chi connectivity index (χ1) is 9.22. The van der Waals surface area contributed by atoms with E-state index in [9.17, 15) is 5.11 Å². The molecule has 0 aromatic heterocycles. The molecule has 0 amide bonds. The zero-order valence-corrected chi connectivity index (χ0v) is 10.9. The number of rotatable bonds is 5. The van der Waals surface area contributed by atoms with Gasteiger partial charge in [0.05, 0.1) is 12.7 Å². The summed E-state index contributed by atoms with van der Waals surface area (Å²) in [5.74, 6) is 1.45. The third kappa shape index (κ3) is 3.56. The second-order valence-corrected chi connectivity index (χ2v) is 4.40. The van der Waals surface area contributed by atoms with Gasteiger partial charge in [0.25, 0.3) is 0 Å². The van der Waals surface area contributed by atoms with Crippen LogP contribution in [0.5, 0.6) is 11.5 Å². The van der Waals surface area contributed by atoms with E-state index < -0.39 is 6.10 Å². The third-order valence-corrected chi connectivity index (χ3v) is 2.99. The Bertz CT molecular complexity index is 503. The van der Waals surface area contributed by atoms with E-state index in [-0.39, 0.29) is 6.61 Å². The molecular weight excluding hydrogens is 240 g/mol. The summed E-state index contributed by atoms with van der Waals surface area (Å²) in [6.07, 6.45) is 0.279. The number of aliphatic hydroxyl groups is 2. The van der Waals surface area contributed by atoms with Crippen molar-refractivity contribution in [2.75, 3.05) is 0 Å². The Balaban J connectivity index is 2.06. The van der Waals surface area contributed by atoms with Crippen molar-refractivity contribution in [3.05, 3.63) is 59.7 Å². The highest BCUT2D eigenvalue weighted by Crippen LogP contribution is 2.24. The molecule has 100 valence electrons. The Morgan fingerprint density at radius 2 is 1.47 bits per heavy atom. The van der Waals surface area contributed by atoms with Gasteiger partial charge in [0.15, 0.2) is 0 Å².